The fraction of sp³-hybridized carbons (Fsp3) is 0.818. The first kappa shape index (κ1) is 25.7. The molecule has 31 heavy (non-hydrogen) atoms. The van der Waals surface area contributed by atoms with Crippen molar-refractivity contribution in [3.8, 4) is 0 Å². The number of nitrogens with zero attached hydrogens (tertiary/aromatic N) is 1. The summed E-state index contributed by atoms with van der Waals surface area (Å²) in [6.07, 6.45) is -0.234. The van der Waals surface area contributed by atoms with Crippen LogP contribution in [0.15, 0.2) is 12.2 Å². The van der Waals surface area contributed by atoms with Gasteiger partial charge in [-0.25, -0.2) is 0 Å². The minimum Gasteiger partial charge on any atom is -0.391 e. The van der Waals surface area contributed by atoms with Crippen molar-refractivity contribution >= 4 is 11.8 Å². The van der Waals surface area contributed by atoms with Gasteiger partial charge in [-0.1, -0.05) is 32.9 Å². The molecule has 6 atom stereocenters. The van der Waals surface area contributed by atoms with Crippen molar-refractivity contribution < 1.29 is 34.0 Å². The molecule has 2 saturated heterocycles. The zero-order valence-corrected chi connectivity index (χ0v) is 19.6. The summed E-state index contributed by atoms with van der Waals surface area (Å²) in [6, 6.07) is -0.783. The van der Waals surface area contributed by atoms with Crippen molar-refractivity contribution in [1.82, 2.24) is 10.2 Å². The van der Waals surface area contributed by atoms with Crippen LogP contribution in [0.4, 0.5) is 0 Å². The maximum Gasteiger partial charge on any atom is 0.252 e. The molecule has 3 N–H and O–H groups in total. The molecule has 0 aromatic rings. The van der Waals surface area contributed by atoms with Gasteiger partial charge in [0.15, 0.2) is 11.9 Å². The van der Waals surface area contributed by atoms with Crippen LogP contribution in [0.3, 0.4) is 0 Å². The Labute approximate surface area is 184 Å². The van der Waals surface area contributed by atoms with Gasteiger partial charge in [-0.3, -0.25) is 9.59 Å². The van der Waals surface area contributed by atoms with Crippen molar-refractivity contribution in [3.05, 3.63) is 12.2 Å². The smallest absolute Gasteiger partial charge is 0.252 e. The number of aliphatic hydroxyl groups excluding tert-OH is 2. The van der Waals surface area contributed by atoms with E-state index in [1.165, 1.54) is 12.0 Å². The molecule has 0 aromatic carbocycles. The Balaban J connectivity index is 2.19. The van der Waals surface area contributed by atoms with Crippen molar-refractivity contribution in [2.24, 2.45) is 5.41 Å². The Morgan fingerprint density at radius 2 is 1.94 bits per heavy atom. The number of rotatable bonds is 5. The number of methoxy groups -OCH3 is 1. The Morgan fingerprint density at radius 1 is 1.29 bits per heavy atom. The molecule has 2 heterocycles. The summed E-state index contributed by atoms with van der Waals surface area (Å²) in [4.78, 5) is 27.0. The van der Waals surface area contributed by atoms with Gasteiger partial charge >= 0.3 is 0 Å². The highest BCUT2D eigenvalue weighted by Crippen LogP contribution is 2.31. The third kappa shape index (κ3) is 6.98. The minimum absolute atomic E-state index is 0.116. The fourth-order valence-electron chi connectivity index (χ4n) is 3.81. The van der Waals surface area contributed by atoms with Crippen LogP contribution in [-0.4, -0.2) is 90.0 Å². The van der Waals surface area contributed by atoms with Crippen LogP contribution in [0, 0.1) is 5.41 Å². The van der Waals surface area contributed by atoms with Crippen LogP contribution in [0.25, 0.3) is 0 Å². The monoisotopic (exact) mass is 442 g/mol. The SMILES string of the molecule is CO[C@@H](C(=O)N[C@H]1CC[C@H](O)CN(C)C1=O)[C@@H]1OC(C)(C)O[C@H](/C=C/C(C)(C)C)[C@@H]1O. The Bertz CT molecular complexity index is 673. The van der Waals surface area contributed by atoms with Gasteiger partial charge in [-0.2, -0.15) is 0 Å². The molecule has 2 amide bonds. The number of allylic oxidation sites excluding steroid dienone is 1. The van der Waals surface area contributed by atoms with E-state index in [-0.39, 0.29) is 17.9 Å². The van der Waals surface area contributed by atoms with Gasteiger partial charge in [0.25, 0.3) is 5.91 Å². The zero-order chi connectivity index (χ0) is 23.6. The molecular formula is C22H38N2O7. The number of carbonyl (C=O) groups excluding carboxylic acids is 2. The molecule has 0 aliphatic carbocycles. The molecule has 9 heteroatoms. The summed E-state index contributed by atoms with van der Waals surface area (Å²) in [7, 11) is 2.94. The minimum atomic E-state index is -1.16. The molecule has 0 spiro atoms. The molecule has 2 fully saturated rings. The van der Waals surface area contributed by atoms with E-state index >= 15 is 0 Å². The number of amides is 2. The molecule has 9 nitrogen and oxygen atoms in total. The van der Waals surface area contributed by atoms with Gasteiger partial charge in [0.2, 0.25) is 5.91 Å². The molecule has 0 unspecified atom stereocenters. The van der Waals surface area contributed by atoms with Gasteiger partial charge in [0.05, 0.1) is 6.10 Å². The van der Waals surface area contributed by atoms with E-state index in [0.29, 0.717) is 12.8 Å². The normalized spacial score (nSPS) is 33.3. The second-order valence-corrected chi connectivity index (χ2v) is 9.95. The Morgan fingerprint density at radius 3 is 2.52 bits per heavy atom. The van der Waals surface area contributed by atoms with Crippen molar-refractivity contribution in [1.29, 1.82) is 0 Å². The van der Waals surface area contributed by atoms with Crippen LogP contribution in [0.5, 0.6) is 0 Å². The number of likely N-dealkylation sites (N-methyl/N-ethyl adjacent to an activating group) is 1. The first-order chi connectivity index (χ1) is 14.2. The van der Waals surface area contributed by atoms with E-state index in [0.717, 1.165) is 0 Å². The van der Waals surface area contributed by atoms with Crippen molar-refractivity contribution in [2.75, 3.05) is 20.7 Å². The summed E-state index contributed by atoms with van der Waals surface area (Å²) in [6.45, 7) is 9.72. The summed E-state index contributed by atoms with van der Waals surface area (Å²) in [5.41, 5.74) is -0.116. The maximum atomic E-state index is 13.0. The van der Waals surface area contributed by atoms with Gasteiger partial charge in [0.1, 0.15) is 24.4 Å². The summed E-state index contributed by atoms with van der Waals surface area (Å²) in [5, 5.41) is 23.5. The molecule has 0 aromatic heterocycles. The standard InChI is InChI=1S/C22H38N2O7/c1-21(2,3)11-10-15-16(26)17(31-22(4,5)30-15)18(29-7)19(27)23-14-9-8-13(25)12-24(6)20(14)28/h10-11,13-18,25-26H,8-9,12H2,1-7H3,(H,23,27)/b11-10+/t13-,14-,15+,16-,17+,18+/m0/s1. The lowest BCUT2D eigenvalue weighted by molar-refractivity contribution is -0.334. The molecule has 2 aliphatic rings. The number of nitrogens with one attached hydrogen (secondary N) is 1. The molecule has 2 aliphatic heterocycles. The molecular weight excluding hydrogens is 404 g/mol. The third-order valence-electron chi connectivity index (χ3n) is 5.37. The molecule has 2 rings (SSSR count). The van der Waals surface area contributed by atoms with Crippen LogP contribution in [0.1, 0.15) is 47.5 Å². The quantitative estimate of drug-likeness (QED) is 0.533. The van der Waals surface area contributed by atoms with E-state index in [1.807, 2.05) is 26.8 Å². The Kier molecular flexibility index (Phi) is 8.27. The van der Waals surface area contributed by atoms with Crippen molar-refractivity contribution in [2.45, 2.75) is 89.8 Å². The largest absolute Gasteiger partial charge is 0.391 e. The molecule has 0 bridgehead atoms. The van der Waals surface area contributed by atoms with E-state index in [4.69, 9.17) is 14.2 Å². The number of hydrogen-bond acceptors (Lipinski definition) is 7. The lowest BCUT2D eigenvalue weighted by Gasteiger charge is -2.45. The second-order valence-electron chi connectivity index (χ2n) is 9.95. The van der Waals surface area contributed by atoms with E-state index in [2.05, 4.69) is 5.32 Å². The predicted molar refractivity (Wildman–Crippen MR) is 114 cm³/mol. The van der Waals surface area contributed by atoms with E-state index in [1.54, 1.807) is 27.0 Å². The van der Waals surface area contributed by atoms with Crippen molar-refractivity contribution in [3.63, 3.8) is 0 Å². The number of hydrogen-bond donors (Lipinski definition) is 3. The highest BCUT2D eigenvalue weighted by atomic mass is 16.7. The predicted octanol–water partition coefficient (Wildman–Crippen LogP) is 0.583. The number of likely N-dealkylation sites (tertiary alicyclic amines) is 1. The average Bonchev–Trinajstić information content (AvgIpc) is 2.76. The van der Waals surface area contributed by atoms with E-state index in [9.17, 15) is 19.8 Å². The van der Waals surface area contributed by atoms with Crippen LogP contribution in [0.2, 0.25) is 0 Å². The molecule has 178 valence electrons. The lowest BCUT2D eigenvalue weighted by atomic mass is 9.93. The average molecular weight is 443 g/mol. The highest BCUT2D eigenvalue weighted by Gasteiger charge is 2.48. The van der Waals surface area contributed by atoms with Crippen LogP contribution >= 0.6 is 0 Å². The number of ether oxygens (including phenoxy) is 3. The fourth-order valence-corrected chi connectivity index (χ4v) is 3.81. The summed E-state index contributed by atoms with van der Waals surface area (Å²) in [5.74, 6) is -1.90. The van der Waals surface area contributed by atoms with Gasteiger partial charge < -0.3 is 34.6 Å². The van der Waals surface area contributed by atoms with Gasteiger partial charge in [-0.05, 0) is 32.1 Å². The topological polar surface area (TPSA) is 118 Å². The zero-order valence-electron chi connectivity index (χ0n) is 19.6. The highest BCUT2D eigenvalue weighted by molar-refractivity contribution is 5.89. The first-order valence-electron chi connectivity index (χ1n) is 10.7. The first-order valence-corrected chi connectivity index (χ1v) is 10.7. The van der Waals surface area contributed by atoms with Crippen LogP contribution < -0.4 is 5.32 Å². The summed E-state index contributed by atoms with van der Waals surface area (Å²) >= 11 is 0. The number of carbonyl (C=O) groups is 2. The van der Waals surface area contributed by atoms with Gasteiger partial charge in [0, 0.05) is 20.7 Å². The molecule has 0 saturated carbocycles. The Hall–Kier alpha value is -1.52. The summed E-state index contributed by atoms with van der Waals surface area (Å²) < 4.78 is 17.1. The van der Waals surface area contributed by atoms with Gasteiger partial charge in [-0.15, -0.1) is 0 Å². The second kappa shape index (κ2) is 9.95. The third-order valence-corrected chi connectivity index (χ3v) is 5.37. The maximum absolute atomic E-state index is 13.0. The number of aliphatic hydroxyl groups is 2. The van der Waals surface area contributed by atoms with Crippen LogP contribution in [-0.2, 0) is 23.8 Å². The molecule has 0 radical (unpaired) electrons. The lowest BCUT2D eigenvalue weighted by Crippen LogP contribution is -2.62. The number of β-amino-alcohol motifs (C(OH)–C–C–N with tert-alkyl or cyclic N) is 1. The van der Waals surface area contributed by atoms with E-state index < -0.39 is 48.3 Å².